The van der Waals surface area contributed by atoms with E-state index >= 15 is 0 Å². The van der Waals surface area contributed by atoms with Crippen molar-refractivity contribution in [2.75, 3.05) is 19.1 Å². The molecule has 0 aliphatic rings. The molecule has 0 fully saturated rings. The van der Waals surface area contributed by atoms with E-state index in [0.29, 0.717) is 11.3 Å². The van der Waals surface area contributed by atoms with Gasteiger partial charge in [0.05, 0.1) is 4.92 Å². The zero-order valence-corrected chi connectivity index (χ0v) is 8.55. The zero-order valence-electron chi connectivity index (χ0n) is 8.55. The third-order valence-corrected chi connectivity index (χ3v) is 2.01. The predicted octanol–water partition coefficient (Wildman–Crippen LogP) is 0.00680. The van der Waals surface area contributed by atoms with E-state index in [0.717, 1.165) is 0 Å². The number of nitrogen functional groups attached to an aromatic ring is 1. The lowest BCUT2D eigenvalue weighted by Crippen LogP contribution is -2.09. The van der Waals surface area contributed by atoms with Gasteiger partial charge in [0.2, 0.25) is 0 Å². The molecule has 0 heterocycles. The molecule has 5 N–H and O–H groups in total. The second-order valence-corrected chi connectivity index (χ2v) is 3.06. The van der Waals surface area contributed by atoms with E-state index in [2.05, 4.69) is 0 Å². The first-order chi connectivity index (χ1) is 7.60. The Balaban J connectivity index is 3.21. The van der Waals surface area contributed by atoms with Crippen molar-refractivity contribution >= 4 is 11.4 Å². The molecule has 1 aromatic rings. The molecule has 7 nitrogen and oxygen atoms in total. The number of aliphatic hydroxyl groups excluding tert-OH is 1. The normalized spacial score (nSPS) is 10.1. The molecule has 88 valence electrons. The average Bonchev–Trinajstić information content (AvgIpc) is 2.17. The first-order valence-electron chi connectivity index (χ1n) is 4.60. The zero-order chi connectivity index (χ0) is 12.1. The fourth-order valence-electron chi connectivity index (χ4n) is 1.40. The molecule has 0 aromatic heterocycles. The summed E-state index contributed by atoms with van der Waals surface area (Å²) >= 11 is 0. The van der Waals surface area contributed by atoms with Gasteiger partial charge in [-0.1, -0.05) is 0 Å². The fourth-order valence-corrected chi connectivity index (χ4v) is 1.40. The van der Waals surface area contributed by atoms with Crippen molar-refractivity contribution in [1.82, 2.24) is 0 Å². The van der Waals surface area contributed by atoms with Crippen LogP contribution in [0.15, 0.2) is 12.1 Å². The molecule has 0 saturated heterocycles. The van der Waals surface area contributed by atoms with E-state index in [1.807, 2.05) is 0 Å². The van der Waals surface area contributed by atoms with E-state index in [4.69, 9.17) is 21.3 Å². The Bertz CT molecular complexity index is 395. The van der Waals surface area contributed by atoms with Gasteiger partial charge < -0.3 is 15.6 Å². The number of hydrogen-bond donors (Lipinski definition) is 3. The first-order valence-corrected chi connectivity index (χ1v) is 4.60. The van der Waals surface area contributed by atoms with Crippen LogP contribution in [0, 0.1) is 10.1 Å². The van der Waals surface area contributed by atoms with Crippen LogP contribution < -0.4 is 16.2 Å². The van der Waals surface area contributed by atoms with Crippen molar-refractivity contribution in [2.24, 2.45) is 5.73 Å². The highest BCUT2D eigenvalue weighted by molar-refractivity contribution is 5.65. The van der Waals surface area contributed by atoms with Gasteiger partial charge in [0, 0.05) is 24.7 Å². The van der Waals surface area contributed by atoms with Crippen LogP contribution in [0.2, 0.25) is 0 Å². The number of aliphatic hydroxyl groups is 1. The summed E-state index contributed by atoms with van der Waals surface area (Å²) in [7, 11) is 0. The number of nitrogens with zero attached hydrogens (tertiary/aromatic N) is 1. The molecule has 0 atom stereocenters. The van der Waals surface area contributed by atoms with E-state index in [9.17, 15) is 10.1 Å². The summed E-state index contributed by atoms with van der Waals surface area (Å²) in [5.41, 5.74) is 10.9. The topological polar surface area (TPSA) is 125 Å². The molecule has 0 saturated carbocycles. The number of hydrogen-bond acceptors (Lipinski definition) is 6. The Hall–Kier alpha value is -1.86. The minimum absolute atomic E-state index is 0.000556. The van der Waals surface area contributed by atoms with Crippen molar-refractivity contribution < 1.29 is 14.8 Å². The van der Waals surface area contributed by atoms with Gasteiger partial charge in [-0.25, -0.2) is 0 Å². The van der Waals surface area contributed by atoms with Crippen LogP contribution in [0.25, 0.3) is 0 Å². The minimum Gasteiger partial charge on any atom is -0.479 e. The largest absolute Gasteiger partial charge is 0.479 e. The van der Waals surface area contributed by atoms with Crippen LogP contribution in [-0.2, 0) is 6.42 Å². The molecule has 0 radical (unpaired) electrons. The SMILES string of the molecule is NCOc1cc(N)c([N+](=O)[O-])c(CCO)c1. The van der Waals surface area contributed by atoms with Crippen LogP contribution in [0.1, 0.15) is 5.56 Å². The van der Waals surface area contributed by atoms with E-state index < -0.39 is 4.92 Å². The van der Waals surface area contributed by atoms with Crippen LogP contribution in [0.5, 0.6) is 5.75 Å². The molecule has 7 heteroatoms. The van der Waals surface area contributed by atoms with Gasteiger partial charge in [-0.2, -0.15) is 0 Å². The van der Waals surface area contributed by atoms with Crippen LogP contribution in [0.3, 0.4) is 0 Å². The summed E-state index contributed by atoms with van der Waals surface area (Å²) in [5, 5.41) is 19.6. The number of ether oxygens (including phenoxy) is 1. The van der Waals surface area contributed by atoms with Crippen LogP contribution >= 0.6 is 0 Å². The van der Waals surface area contributed by atoms with Crippen molar-refractivity contribution in [3.63, 3.8) is 0 Å². The highest BCUT2D eigenvalue weighted by Gasteiger charge is 2.19. The highest BCUT2D eigenvalue weighted by Crippen LogP contribution is 2.31. The first kappa shape index (κ1) is 12.2. The van der Waals surface area contributed by atoms with Crippen molar-refractivity contribution in [3.8, 4) is 5.75 Å². The Morgan fingerprint density at radius 1 is 1.50 bits per heavy atom. The van der Waals surface area contributed by atoms with Crippen molar-refractivity contribution in [3.05, 3.63) is 27.8 Å². The van der Waals surface area contributed by atoms with Crippen molar-refractivity contribution in [2.45, 2.75) is 6.42 Å². The molecule has 1 aromatic carbocycles. The maximum atomic E-state index is 10.8. The molecule has 0 spiro atoms. The predicted molar refractivity (Wildman–Crippen MR) is 58.0 cm³/mol. The Morgan fingerprint density at radius 2 is 2.19 bits per heavy atom. The second kappa shape index (κ2) is 5.29. The van der Waals surface area contributed by atoms with E-state index in [1.165, 1.54) is 12.1 Å². The molecule has 0 aliphatic heterocycles. The van der Waals surface area contributed by atoms with Gasteiger partial charge in [0.1, 0.15) is 18.2 Å². The van der Waals surface area contributed by atoms with Crippen molar-refractivity contribution in [1.29, 1.82) is 0 Å². The Morgan fingerprint density at radius 3 is 2.69 bits per heavy atom. The third-order valence-electron chi connectivity index (χ3n) is 2.01. The summed E-state index contributed by atoms with van der Waals surface area (Å²) in [6.45, 7) is -0.248. The molecule has 16 heavy (non-hydrogen) atoms. The number of nitrogens with two attached hydrogens (primary N) is 2. The van der Waals surface area contributed by atoms with Gasteiger partial charge >= 0.3 is 0 Å². The molecule has 1 rings (SSSR count). The Kier molecular flexibility index (Phi) is 4.03. The average molecular weight is 227 g/mol. The highest BCUT2D eigenvalue weighted by atomic mass is 16.6. The van der Waals surface area contributed by atoms with Gasteiger partial charge in [-0.05, 0) is 6.07 Å². The molecule has 0 aliphatic carbocycles. The summed E-state index contributed by atoms with van der Waals surface area (Å²) in [5.74, 6) is 0.356. The summed E-state index contributed by atoms with van der Waals surface area (Å²) in [6, 6.07) is 2.80. The summed E-state index contributed by atoms with van der Waals surface area (Å²) in [6.07, 6.45) is 0.141. The summed E-state index contributed by atoms with van der Waals surface area (Å²) in [4.78, 5) is 10.2. The molecule has 0 bridgehead atoms. The lowest BCUT2D eigenvalue weighted by molar-refractivity contribution is -0.384. The lowest BCUT2D eigenvalue weighted by atomic mass is 10.1. The standard InChI is InChI=1S/C9H13N3O4/c10-5-16-7-3-6(1-2-13)9(12(14)15)8(11)4-7/h3-4,13H,1-2,5,10-11H2. The van der Waals surface area contributed by atoms with Gasteiger partial charge in [-0.15, -0.1) is 0 Å². The maximum Gasteiger partial charge on any atom is 0.295 e. The number of nitro groups is 1. The molecule has 0 amide bonds. The minimum atomic E-state index is -0.577. The quantitative estimate of drug-likeness (QED) is 0.281. The van der Waals surface area contributed by atoms with Gasteiger partial charge in [0.25, 0.3) is 5.69 Å². The lowest BCUT2D eigenvalue weighted by Gasteiger charge is -2.08. The number of benzene rings is 1. The van der Waals surface area contributed by atoms with Gasteiger partial charge in [-0.3, -0.25) is 15.8 Å². The number of rotatable bonds is 5. The number of anilines is 1. The molecular formula is C9H13N3O4. The maximum absolute atomic E-state index is 10.8. The monoisotopic (exact) mass is 227 g/mol. The molecule has 0 unspecified atom stereocenters. The van der Waals surface area contributed by atoms with E-state index in [1.54, 1.807) is 0 Å². The van der Waals surface area contributed by atoms with Crippen LogP contribution in [0.4, 0.5) is 11.4 Å². The van der Waals surface area contributed by atoms with E-state index in [-0.39, 0.29) is 31.1 Å². The fraction of sp³-hybridized carbons (Fsp3) is 0.333. The Labute approximate surface area is 91.8 Å². The molecular weight excluding hydrogens is 214 g/mol. The third kappa shape index (κ3) is 2.59. The smallest absolute Gasteiger partial charge is 0.295 e. The van der Waals surface area contributed by atoms with Crippen LogP contribution in [-0.4, -0.2) is 23.4 Å². The van der Waals surface area contributed by atoms with Gasteiger partial charge in [0.15, 0.2) is 0 Å². The number of nitro benzene ring substituents is 1. The second-order valence-electron chi connectivity index (χ2n) is 3.06. The summed E-state index contributed by atoms with van der Waals surface area (Å²) < 4.78 is 5.00.